The molecule has 2 N–H and O–H groups in total. The van der Waals surface area contributed by atoms with Crippen LogP contribution in [0.3, 0.4) is 0 Å². The quantitative estimate of drug-likeness (QED) is 0.468. The van der Waals surface area contributed by atoms with E-state index < -0.39 is 11.7 Å². The number of aromatic nitrogens is 1. The second-order valence-corrected chi connectivity index (χ2v) is 8.41. The van der Waals surface area contributed by atoms with Gasteiger partial charge in [0.25, 0.3) is 0 Å². The van der Waals surface area contributed by atoms with Gasteiger partial charge in [-0.1, -0.05) is 18.9 Å². The minimum atomic E-state index is -4.36. The number of nitrogens with zero attached hydrogens (tertiary/aromatic N) is 2. The summed E-state index contributed by atoms with van der Waals surface area (Å²) in [5.74, 6) is 0.896. The number of nitrogens with one attached hydrogen (secondary N) is 2. The van der Waals surface area contributed by atoms with E-state index in [1.165, 1.54) is 6.07 Å². The highest BCUT2D eigenvalue weighted by Crippen LogP contribution is 2.33. The number of benzene rings is 1. The fraction of sp³-hybridized carbons (Fsp3) is 0.524. The molecule has 1 aliphatic rings. The Morgan fingerprint density at radius 3 is 2.67 bits per heavy atom. The minimum absolute atomic E-state index is 0.0188. The second kappa shape index (κ2) is 10.9. The number of carbonyl (C=O) groups is 1. The Kier molecular flexibility index (Phi) is 8.21. The van der Waals surface area contributed by atoms with Crippen molar-refractivity contribution in [3.05, 3.63) is 36.0 Å². The molecule has 9 heteroatoms. The molecule has 2 heterocycles. The predicted molar refractivity (Wildman–Crippen MR) is 114 cm³/mol. The molecule has 0 spiro atoms. The van der Waals surface area contributed by atoms with Crippen molar-refractivity contribution in [1.82, 2.24) is 20.5 Å². The molecule has 2 amide bonds. The van der Waals surface area contributed by atoms with Gasteiger partial charge in [-0.2, -0.15) is 13.2 Å². The van der Waals surface area contributed by atoms with Gasteiger partial charge >= 0.3 is 12.2 Å². The van der Waals surface area contributed by atoms with Crippen LogP contribution in [0, 0.1) is 0 Å². The molecule has 1 aliphatic heterocycles. The van der Waals surface area contributed by atoms with Crippen LogP contribution in [0.25, 0.3) is 10.9 Å². The fourth-order valence-electron chi connectivity index (χ4n) is 3.36. The number of amides is 2. The van der Waals surface area contributed by atoms with Crippen LogP contribution in [0.5, 0.6) is 0 Å². The van der Waals surface area contributed by atoms with Crippen LogP contribution in [-0.4, -0.2) is 54.4 Å². The Morgan fingerprint density at radius 2 is 1.90 bits per heavy atom. The Labute approximate surface area is 178 Å². The second-order valence-electron chi connectivity index (χ2n) is 7.27. The van der Waals surface area contributed by atoms with Gasteiger partial charge in [-0.15, -0.1) is 11.8 Å². The molecule has 2 aromatic rings. The van der Waals surface area contributed by atoms with Gasteiger partial charge in [-0.3, -0.25) is 4.98 Å². The number of alkyl halides is 3. The zero-order valence-electron chi connectivity index (χ0n) is 16.8. The molecule has 0 bridgehead atoms. The summed E-state index contributed by atoms with van der Waals surface area (Å²) in [5.41, 5.74) is -0.302. The lowest BCUT2D eigenvalue weighted by molar-refractivity contribution is -0.137. The number of halogens is 3. The zero-order valence-corrected chi connectivity index (χ0v) is 17.6. The smallest absolute Gasteiger partial charge is 0.338 e. The Hall–Kier alpha value is -2.00. The number of carbonyl (C=O) groups excluding carboxylic acids is 1. The van der Waals surface area contributed by atoms with Gasteiger partial charge in [0, 0.05) is 49.2 Å². The Morgan fingerprint density at radius 1 is 1.13 bits per heavy atom. The number of thioether (sulfide) groups is 1. The number of pyridine rings is 1. The number of unbranched alkanes of at least 4 members (excludes halogenated alkanes) is 3. The molecule has 1 fully saturated rings. The molecule has 0 saturated carbocycles. The number of hydrogen-bond donors (Lipinski definition) is 2. The first-order valence-electron chi connectivity index (χ1n) is 10.3. The summed E-state index contributed by atoms with van der Waals surface area (Å²) in [6, 6.07) is 5.60. The largest absolute Gasteiger partial charge is 0.416 e. The average molecular weight is 441 g/mol. The van der Waals surface area contributed by atoms with Gasteiger partial charge in [0.2, 0.25) is 0 Å². The first kappa shape index (κ1) is 22.7. The third kappa shape index (κ3) is 6.50. The first-order valence-corrected chi connectivity index (χ1v) is 11.3. The van der Waals surface area contributed by atoms with Crippen molar-refractivity contribution >= 4 is 28.7 Å². The summed E-state index contributed by atoms with van der Waals surface area (Å²) in [4.78, 5) is 18.9. The van der Waals surface area contributed by atoms with Crippen LogP contribution < -0.4 is 10.6 Å². The summed E-state index contributed by atoms with van der Waals surface area (Å²) in [6.45, 7) is 3.89. The van der Waals surface area contributed by atoms with Crippen molar-refractivity contribution in [1.29, 1.82) is 0 Å². The number of piperazine rings is 1. The van der Waals surface area contributed by atoms with Crippen molar-refractivity contribution in [2.45, 2.75) is 36.8 Å². The molecular formula is C21H27F3N4OS. The molecular weight excluding hydrogens is 413 g/mol. The maximum Gasteiger partial charge on any atom is 0.416 e. The molecule has 1 aromatic heterocycles. The summed E-state index contributed by atoms with van der Waals surface area (Å²) < 4.78 is 38.6. The summed E-state index contributed by atoms with van der Waals surface area (Å²) in [6.07, 6.45) is 1.25. The lowest BCUT2D eigenvalue weighted by atomic mass is 10.1. The van der Waals surface area contributed by atoms with Crippen molar-refractivity contribution in [3.8, 4) is 0 Å². The normalized spacial score (nSPS) is 14.8. The van der Waals surface area contributed by atoms with Gasteiger partial charge < -0.3 is 15.5 Å². The van der Waals surface area contributed by atoms with Gasteiger partial charge in [0.05, 0.1) is 11.1 Å². The topological polar surface area (TPSA) is 57.3 Å². The van der Waals surface area contributed by atoms with Crippen molar-refractivity contribution in [2.75, 3.05) is 38.5 Å². The SMILES string of the molecule is O=C(NCCCCCCSc1ccnc2cc(C(F)(F)F)ccc12)N1CCNCC1. The number of rotatable bonds is 8. The highest BCUT2D eigenvalue weighted by Gasteiger charge is 2.30. The third-order valence-electron chi connectivity index (χ3n) is 5.04. The highest BCUT2D eigenvalue weighted by molar-refractivity contribution is 7.99. The molecule has 5 nitrogen and oxygen atoms in total. The fourth-order valence-corrected chi connectivity index (χ4v) is 4.42. The van der Waals surface area contributed by atoms with E-state index in [4.69, 9.17) is 0 Å². The molecule has 0 aliphatic carbocycles. The average Bonchev–Trinajstić information content (AvgIpc) is 2.75. The van der Waals surface area contributed by atoms with E-state index in [-0.39, 0.29) is 6.03 Å². The van der Waals surface area contributed by atoms with Crippen molar-refractivity contribution in [3.63, 3.8) is 0 Å². The molecule has 0 atom stereocenters. The first-order chi connectivity index (χ1) is 14.4. The standard InChI is InChI=1S/C21H27F3N4OS/c22-21(23,24)16-5-6-17-18(15-16)26-9-7-19(17)30-14-4-2-1-3-8-27-20(29)28-12-10-25-11-13-28/h5-7,9,15,25H,1-4,8,10-14H2,(H,27,29). The van der Waals surface area contributed by atoms with Crippen LogP contribution in [-0.2, 0) is 6.18 Å². The Bertz CT molecular complexity index is 841. The van der Waals surface area contributed by atoms with E-state index >= 15 is 0 Å². The summed E-state index contributed by atoms with van der Waals surface area (Å²) in [7, 11) is 0. The molecule has 0 unspecified atom stereocenters. The zero-order chi connectivity index (χ0) is 21.4. The van der Waals surface area contributed by atoms with Crippen LogP contribution in [0.2, 0.25) is 0 Å². The third-order valence-corrected chi connectivity index (χ3v) is 6.20. The van der Waals surface area contributed by atoms with Gasteiger partial charge in [-0.25, -0.2) is 4.79 Å². The molecule has 1 saturated heterocycles. The van der Waals surface area contributed by atoms with Crippen LogP contribution in [0.1, 0.15) is 31.2 Å². The van der Waals surface area contributed by atoms with E-state index in [9.17, 15) is 18.0 Å². The van der Waals surface area contributed by atoms with E-state index in [0.717, 1.165) is 80.0 Å². The maximum atomic E-state index is 12.9. The lowest BCUT2D eigenvalue weighted by Gasteiger charge is -2.27. The van der Waals surface area contributed by atoms with Crippen LogP contribution in [0.15, 0.2) is 35.4 Å². The van der Waals surface area contributed by atoms with Gasteiger partial charge in [-0.05, 0) is 36.8 Å². The molecule has 164 valence electrons. The highest BCUT2D eigenvalue weighted by atomic mass is 32.2. The number of hydrogen-bond acceptors (Lipinski definition) is 4. The minimum Gasteiger partial charge on any atom is -0.338 e. The summed E-state index contributed by atoms with van der Waals surface area (Å²) >= 11 is 1.65. The molecule has 30 heavy (non-hydrogen) atoms. The molecule has 3 rings (SSSR count). The monoisotopic (exact) mass is 440 g/mol. The lowest BCUT2D eigenvalue weighted by Crippen LogP contribution is -2.50. The van der Waals surface area contributed by atoms with E-state index in [2.05, 4.69) is 15.6 Å². The van der Waals surface area contributed by atoms with Gasteiger partial charge in [0.1, 0.15) is 0 Å². The summed E-state index contributed by atoms with van der Waals surface area (Å²) in [5, 5.41) is 6.95. The van der Waals surface area contributed by atoms with Crippen LogP contribution >= 0.6 is 11.8 Å². The van der Waals surface area contributed by atoms with E-state index in [1.807, 2.05) is 11.0 Å². The number of fused-ring (bicyclic) bond motifs is 1. The van der Waals surface area contributed by atoms with Crippen molar-refractivity contribution < 1.29 is 18.0 Å². The Balaban J connectivity index is 1.34. The van der Waals surface area contributed by atoms with Gasteiger partial charge in [0.15, 0.2) is 0 Å². The molecule has 0 radical (unpaired) electrons. The van der Waals surface area contributed by atoms with E-state index in [1.54, 1.807) is 18.0 Å². The maximum absolute atomic E-state index is 12.9. The van der Waals surface area contributed by atoms with Crippen LogP contribution in [0.4, 0.5) is 18.0 Å². The number of urea groups is 1. The molecule has 1 aromatic carbocycles. The predicted octanol–water partition coefficient (Wildman–Crippen LogP) is 4.52. The van der Waals surface area contributed by atoms with E-state index in [0.29, 0.717) is 12.1 Å². The van der Waals surface area contributed by atoms with Crippen molar-refractivity contribution in [2.24, 2.45) is 0 Å².